The molecule has 0 aliphatic heterocycles. The van der Waals surface area contributed by atoms with Gasteiger partial charge in [0.05, 0.1) is 5.54 Å². The van der Waals surface area contributed by atoms with Gasteiger partial charge in [0.15, 0.2) is 5.82 Å². The number of rotatable bonds is 4. The number of anilines is 1. The van der Waals surface area contributed by atoms with Crippen LogP contribution in [0.3, 0.4) is 0 Å². The summed E-state index contributed by atoms with van der Waals surface area (Å²) in [5, 5.41) is 9.95. The van der Waals surface area contributed by atoms with E-state index in [1.807, 2.05) is 6.07 Å². The van der Waals surface area contributed by atoms with Crippen LogP contribution in [0, 0.1) is 11.8 Å². The smallest absolute Gasteiger partial charge is 0.245 e. The van der Waals surface area contributed by atoms with Gasteiger partial charge in [-0.1, -0.05) is 26.2 Å². The molecule has 4 N–H and O–H groups in total. The van der Waals surface area contributed by atoms with Crippen LogP contribution in [0.15, 0.2) is 6.07 Å². The predicted molar refractivity (Wildman–Crippen MR) is 73.6 cm³/mol. The summed E-state index contributed by atoms with van der Waals surface area (Å²) in [5.41, 5.74) is 6.73. The van der Waals surface area contributed by atoms with Crippen LogP contribution in [0.1, 0.15) is 44.7 Å². The summed E-state index contributed by atoms with van der Waals surface area (Å²) in [6.45, 7) is 2.11. The largest absolute Gasteiger partial charge is 0.317 e. The zero-order valence-corrected chi connectivity index (χ0v) is 11.4. The summed E-state index contributed by atoms with van der Waals surface area (Å²) in [6.07, 6.45) is 6.21. The van der Waals surface area contributed by atoms with Crippen molar-refractivity contribution in [2.45, 2.75) is 51.0 Å². The molecule has 19 heavy (non-hydrogen) atoms. The molecule has 3 rings (SSSR count). The van der Waals surface area contributed by atoms with E-state index >= 15 is 0 Å². The normalized spacial score (nSPS) is 32.7. The highest BCUT2D eigenvalue weighted by Crippen LogP contribution is 2.54. The number of hydrogen-bond acceptors (Lipinski definition) is 3. The zero-order chi connectivity index (χ0) is 13.5. The van der Waals surface area contributed by atoms with Crippen molar-refractivity contribution >= 4 is 11.7 Å². The molecule has 0 radical (unpaired) electrons. The van der Waals surface area contributed by atoms with Crippen molar-refractivity contribution in [3.05, 3.63) is 11.8 Å². The summed E-state index contributed by atoms with van der Waals surface area (Å²) in [5.74, 6) is 1.60. The quantitative estimate of drug-likeness (QED) is 0.774. The fraction of sp³-hybridized carbons (Fsp3) is 0.714. The van der Waals surface area contributed by atoms with Crippen molar-refractivity contribution in [1.29, 1.82) is 0 Å². The summed E-state index contributed by atoms with van der Waals surface area (Å²) in [7, 11) is 0. The molecule has 0 saturated heterocycles. The minimum Gasteiger partial charge on any atom is -0.317 e. The molecule has 3 unspecified atom stereocenters. The van der Waals surface area contributed by atoms with Gasteiger partial charge in [-0.15, -0.1) is 0 Å². The van der Waals surface area contributed by atoms with E-state index in [1.165, 1.54) is 6.42 Å². The topological polar surface area (TPSA) is 83.8 Å². The van der Waals surface area contributed by atoms with Gasteiger partial charge in [0.25, 0.3) is 0 Å². The van der Waals surface area contributed by atoms with Gasteiger partial charge in [-0.2, -0.15) is 5.10 Å². The number of fused-ring (bicyclic) bond motifs is 1. The number of hydrogen-bond donors (Lipinski definition) is 3. The Morgan fingerprint density at radius 3 is 3.32 bits per heavy atom. The first-order chi connectivity index (χ1) is 9.13. The first-order valence-electron chi connectivity index (χ1n) is 7.28. The summed E-state index contributed by atoms with van der Waals surface area (Å²) in [4.78, 5) is 12.4. The standard InChI is InChI=1S/C14H22N4O/c1-2-4-10-8-12(18-17-10)16-13(19)14(15)6-3-5-9-7-11(9)14/h8-9,11H,2-7,15H2,1H3,(H2,16,17,18,19). The summed E-state index contributed by atoms with van der Waals surface area (Å²) in [6, 6.07) is 1.90. The average molecular weight is 262 g/mol. The third kappa shape index (κ3) is 2.27. The highest BCUT2D eigenvalue weighted by Gasteiger charge is 2.56. The number of H-pyrrole nitrogens is 1. The Balaban J connectivity index is 1.66. The Morgan fingerprint density at radius 2 is 2.53 bits per heavy atom. The lowest BCUT2D eigenvalue weighted by Crippen LogP contribution is -2.54. The third-order valence-electron chi connectivity index (χ3n) is 4.56. The molecule has 1 aromatic rings. The number of aryl methyl sites for hydroxylation is 1. The Labute approximate surface area is 113 Å². The number of carbonyl (C=O) groups is 1. The SMILES string of the molecule is CCCc1cc(NC(=O)C2(N)CCCC3CC32)n[nH]1. The molecule has 2 aliphatic carbocycles. The predicted octanol–water partition coefficient (Wildman–Crippen LogP) is 1.82. The Hall–Kier alpha value is -1.36. The van der Waals surface area contributed by atoms with Crippen LogP contribution >= 0.6 is 0 Å². The number of aromatic amines is 1. The van der Waals surface area contributed by atoms with E-state index in [1.54, 1.807) is 0 Å². The number of nitrogens with zero attached hydrogens (tertiary/aromatic N) is 1. The van der Waals surface area contributed by atoms with Gasteiger partial charge in [0, 0.05) is 11.8 Å². The molecule has 0 aromatic carbocycles. The van der Waals surface area contributed by atoms with Crippen molar-refractivity contribution in [1.82, 2.24) is 10.2 Å². The van der Waals surface area contributed by atoms with Gasteiger partial charge in [-0.25, -0.2) is 0 Å². The molecule has 5 heteroatoms. The van der Waals surface area contributed by atoms with Crippen molar-refractivity contribution in [3.63, 3.8) is 0 Å². The second-order valence-corrected chi connectivity index (χ2v) is 6.02. The third-order valence-corrected chi connectivity index (χ3v) is 4.56. The van der Waals surface area contributed by atoms with Crippen LogP contribution in [0.2, 0.25) is 0 Å². The van der Waals surface area contributed by atoms with Crippen LogP contribution in [0.25, 0.3) is 0 Å². The van der Waals surface area contributed by atoms with E-state index in [4.69, 9.17) is 5.73 Å². The van der Waals surface area contributed by atoms with Gasteiger partial charge >= 0.3 is 0 Å². The summed E-state index contributed by atoms with van der Waals surface area (Å²) >= 11 is 0. The van der Waals surface area contributed by atoms with Crippen molar-refractivity contribution in [2.75, 3.05) is 5.32 Å². The molecule has 1 aromatic heterocycles. The molecular weight excluding hydrogens is 240 g/mol. The van der Waals surface area contributed by atoms with E-state index in [2.05, 4.69) is 22.4 Å². The maximum atomic E-state index is 12.4. The Bertz CT molecular complexity index is 484. The van der Waals surface area contributed by atoms with Crippen molar-refractivity contribution in [2.24, 2.45) is 17.6 Å². The zero-order valence-electron chi connectivity index (χ0n) is 11.4. The molecule has 1 amide bonds. The van der Waals surface area contributed by atoms with Crippen molar-refractivity contribution < 1.29 is 4.79 Å². The fourth-order valence-electron chi connectivity index (χ4n) is 3.38. The molecule has 0 spiro atoms. The second kappa shape index (κ2) is 4.63. The van der Waals surface area contributed by atoms with Gasteiger partial charge in [0.1, 0.15) is 0 Å². The Kier molecular flexibility index (Phi) is 3.09. The molecule has 104 valence electrons. The first kappa shape index (κ1) is 12.7. The molecule has 5 nitrogen and oxygen atoms in total. The van der Waals surface area contributed by atoms with E-state index in [0.717, 1.165) is 37.8 Å². The van der Waals surface area contributed by atoms with Gasteiger partial charge in [0.2, 0.25) is 5.91 Å². The maximum absolute atomic E-state index is 12.4. The first-order valence-corrected chi connectivity index (χ1v) is 7.28. The maximum Gasteiger partial charge on any atom is 0.245 e. The van der Waals surface area contributed by atoms with E-state index in [9.17, 15) is 4.79 Å². The van der Waals surface area contributed by atoms with Crippen LogP contribution in [-0.4, -0.2) is 21.6 Å². The van der Waals surface area contributed by atoms with E-state index in [-0.39, 0.29) is 5.91 Å². The molecule has 0 bridgehead atoms. The summed E-state index contributed by atoms with van der Waals surface area (Å²) < 4.78 is 0. The molecule has 2 aliphatic rings. The van der Waals surface area contributed by atoms with Crippen molar-refractivity contribution in [3.8, 4) is 0 Å². The molecule has 2 saturated carbocycles. The lowest BCUT2D eigenvalue weighted by Gasteiger charge is -2.31. The number of nitrogens with one attached hydrogen (secondary N) is 2. The number of aromatic nitrogens is 2. The highest BCUT2D eigenvalue weighted by molar-refractivity contribution is 5.98. The van der Waals surface area contributed by atoms with Gasteiger partial charge < -0.3 is 11.1 Å². The average Bonchev–Trinajstić information content (AvgIpc) is 3.06. The van der Waals surface area contributed by atoms with Gasteiger partial charge in [-0.05, 0) is 31.1 Å². The van der Waals surface area contributed by atoms with Crippen LogP contribution in [0.5, 0.6) is 0 Å². The monoisotopic (exact) mass is 262 g/mol. The molecule has 1 heterocycles. The van der Waals surface area contributed by atoms with E-state index in [0.29, 0.717) is 17.7 Å². The van der Waals surface area contributed by atoms with Crippen LogP contribution in [0.4, 0.5) is 5.82 Å². The minimum atomic E-state index is -0.674. The number of amides is 1. The number of carbonyl (C=O) groups excluding carboxylic acids is 1. The molecular formula is C14H22N4O. The van der Waals surface area contributed by atoms with E-state index < -0.39 is 5.54 Å². The lowest BCUT2D eigenvalue weighted by atomic mass is 9.81. The highest BCUT2D eigenvalue weighted by atomic mass is 16.2. The lowest BCUT2D eigenvalue weighted by molar-refractivity contribution is -0.122. The second-order valence-electron chi connectivity index (χ2n) is 6.02. The number of nitrogens with two attached hydrogens (primary N) is 1. The Morgan fingerprint density at radius 1 is 1.68 bits per heavy atom. The minimum absolute atomic E-state index is 0.0609. The fourth-order valence-corrected chi connectivity index (χ4v) is 3.38. The molecule has 2 fully saturated rings. The molecule has 3 atom stereocenters. The van der Waals surface area contributed by atoms with Crippen LogP contribution < -0.4 is 11.1 Å². The van der Waals surface area contributed by atoms with Gasteiger partial charge in [-0.3, -0.25) is 9.89 Å². The van der Waals surface area contributed by atoms with Crippen LogP contribution in [-0.2, 0) is 11.2 Å².